The highest BCUT2D eigenvalue weighted by molar-refractivity contribution is 6.33. The summed E-state index contributed by atoms with van der Waals surface area (Å²) >= 11 is 5.97. The number of alkyl halides is 3. The number of pyridine rings is 1. The lowest BCUT2D eigenvalue weighted by atomic mass is 10.1. The zero-order valence-corrected chi connectivity index (χ0v) is 11.9. The van der Waals surface area contributed by atoms with Gasteiger partial charge in [0, 0.05) is 5.56 Å². The Balaban J connectivity index is 2.54. The Bertz CT molecular complexity index is 704. The van der Waals surface area contributed by atoms with Crippen LogP contribution < -0.4 is 4.74 Å². The van der Waals surface area contributed by atoms with Crippen molar-refractivity contribution in [1.29, 1.82) is 0 Å². The molecule has 116 valence electrons. The number of esters is 1. The van der Waals surface area contributed by atoms with E-state index in [2.05, 4.69) is 14.5 Å². The first-order chi connectivity index (χ1) is 10.3. The number of hydrogen-bond acceptors (Lipinski definition) is 4. The van der Waals surface area contributed by atoms with Crippen LogP contribution in [-0.4, -0.2) is 24.4 Å². The molecule has 0 radical (unpaired) electrons. The van der Waals surface area contributed by atoms with Crippen LogP contribution in [0.4, 0.5) is 13.2 Å². The predicted octanol–water partition coefficient (Wildman–Crippen LogP) is 4.09. The van der Waals surface area contributed by atoms with Gasteiger partial charge in [0.1, 0.15) is 11.4 Å². The first kappa shape index (κ1) is 16.1. The van der Waals surface area contributed by atoms with Crippen molar-refractivity contribution in [2.24, 2.45) is 0 Å². The van der Waals surface area contributed by atoms with Crippen LogP contribution in [0.3, 0.4) is 0 Å². The minimum atomic E-state index is -4.86. The van der Waals surface area contributed by atoms with Gasteiger partial charge in [-0.05, 0) is 24.3 Å². The molecule has 0 N–H and O–H groups in total. The molecular weight excluding hydrogens is 323 g/mol. The summed E-state index contributed by atoms with van der Waals surface area (Å²) in [4.78, 5) is 15.4. The average molecular weight is 332 g/mol. The predicted molar refractivity (Wildman–Crippen MR) is 72.7 cm³/mol. The van der Waals surface area contributed by atoms with Gasteiger partial charge in [0.05, 0.1) is 17.8 Å². The van der Waals surface area contributed by atoms with Gasteiger partial charge in [-0.15, -0.1) is 13.2 Å². The number of rotatable bonds is 3. The fourth-order valence-electron chi connectivity index (χ4n) is 1.73. The maximum absolute atomic E-state index is 12.4. The molecule has 0 saturated carbocycles. The number of para-hydroxylation sites is 1. The largest absolute Gasteiger partial charge is 0.573 e. The molecule has 8 heteroatoms. The molecule has 0 spiro atoms. The molecule has 0 aliphatic carbocycles. The number of halogens is 4. The lowest BCUT2D eigenvalue weighted by Gasteiger charge is -2.14. The van der Waals surface area contributed by atoms with Crippen LogP contribution in [0.25, 0.3) is 11.3 Å². The summed E-state index contributed by atoms with van der Waals surface area (Å²) in [5, 5.41) is 0.0749. The molecule has 0 saturated heterocycles. The van der Waals surface area contributed by atoms with Crippen LogP contribution in [0.1, 0.15) is 10.5 Å². The fourth-order valence-corrected chi connectivity index (χ4v) is 1.93. The van der Waals surface area contributed by atoms with Gasteiger partial charge in [-0.3, -0.25) is 0 Å². The summed E-state index contributed by atoms with van der Waals surface area (Å²) in [5.41, 5.74) is -0.0799. The molecule has 22 heavy (non-hydrogen) atoms. The molecule has 0 bridgehead atoms. The van der Waals surface area contributed by atoms with Crippen LogP contribution in [0, 0.1) is 0 Å². The number of ether oxygens (including phenoxy) is 2. The Kier molecular flexibility index (Phi) is 4.56. The highest BCUT2D eigenvalue weighted by Gasteiger charge is 2.32. The molecule has 0 aliphatic rings. The van der Waals surface area contributed by atoms with Crippen LogP contribution in [-0.2, 0) is 4.74 Å². The van der Waals surface area contributed by atoms with Gasteiger partial charge < -0.3 is 9.47 Å². The second-order valence-corrected chi connectivity index (χ2v) is 4.47. The second kappa shape index (κ2) is 6.23. The molecule has 0 unspecified atom stereocenters. The molecule has 1 aromatic heterocycles. The number of carbonyl (C=O) groups is 1. The normalized spacial score (nSPS) is 11.1. The standard InChI is InChI=1S/C14H9ClF3NO3/c1-21-13(20)10-7-6-9(15)12(19-10)8-4-2-3-5-11(8)22-14(16,17)18/h2-7H,1H3. The average Bonchev–Trinajstić information content (AvgIpc) is 2.46. The summed E-state index contributed by atoms with van der Waals surface area (Å²) in [7, 11) is 1.17. The van der Waals surface area contributed by atoms with Crippen LogP contribution in [0.5, 0.6) is 5.75 Å². The Labute approximate surface area is 128 Å². The number of methoxy groups -OCH3 is 1. The van der Waals surface area contributed by atoms with Gasteiger partial charge in [-0.1, -0.05) is 23.7 Å². The van der Waals surface area contributed by atoms with E-state index in [4.69, 9.17) is 11.6 Å². The van der Waals surface area contributed by atoms with Gasteiger partial charge in [0.15, 0.2) is 0 Å². The van der Waals surface area contributed by atoms with Crippen LogP contribution in [0.2, 0.25) is 5.02 Å². The zero-order valence-electron chi connectivity index (χ0n) is 11.1. The lowest BCUT2D eigenvalue weighted by Crippen LogP contribution is -2.17. The number of benzene rings is 1. The maximum Gasteiger partial charge on any atom is 0.573 e. The van der Waals surface area contributed by atoms with E-state index in [0.717, 1.165) is 6.07 Å². The topological polar surface area (TPSA) is 48.4 Å². The Hall–Kier alpha value is -2.28. The third kappa shape index (κ3) is 3.67. The molecule has 2 rings (SSSR count). The molecule has 1 heterocycles. The van der Waals surface area contributed by atoms with Gasteiger partial charge >= 0.3 is 12.3 Å². The highest BCUT2D eigenvalue weighted by atomic mass is 35.5. The molecule has 0 fully saturated rings. The summed E-state index contributed by atoms with van der Waals surface area (Å²) in [6.45, 7) is 0. The summed E-state index contributed by atoms with van der Waals surface area (Å²) < 4.78 is 45.8. The van der Waals surface area contributed by atoms with Crippen molar-refractivity contribution in [3.8, 4) is 17.0 Å². The van der Waals surface area contributed by atoms with Gasteiger partial charge in [-0.2, -0.15) is 0 Å². The van der Waals surface area contributed by atoms with E-state index < -0.39 is 18.1 Å². The molecule has 2 aromatic rings. The van der Waals surface area contributed by atoms with E-state index in [1.165, 1.54) is 37.4 Å². The number of hydrogen-bond donors (Lipinski definition) is 0. The SMILES string of the molecule is COC(=O)c1ccc(Cl)c(-c2ccccc2OC(F)(F)F)n1. The maximum atomic E-state index is 12.4. The van der Waals surface area contributed by atoms with Crippen molar-refractivity contribution in [2.75, 3.05) is 7.11 Å². The van der Waals surface area contributed by atoms with Gasteiger partial charge in [0.2, 0.25) is 0 Å². The molecular formula is C14H9ClF3NO3. The van der Waals surface area contributed by atoms with Crippen molar-refractivity contribution in [1.82, 2.24) is 4.98 Å². The van der Waals surface area contributed by atoms with E-state index in [9.17, 15) is 18.0 Å². The fraction of sp³-hybridized carbons (Fsp3) is 0.143. The molecule has 4 nitrogen and oxygen atoms in total. The summed E-state index contributed by atoms with van der Waals surface area (Å²) in [6.07, 6.45) is -4.86. The molecule has 1 aromatic carbocycles. The number of nitrogens with zero attached hydrogens (tertiary/aromatic N) is 1. The third-order valence-corrected chi connectivity index (χ3v) is 2.91. The molecule has 0 atom stereocenters. The summed E-state index contributed by atoms with van der Waals surface area (Å²) in [5.74, 6) is -1.20. The second-order valence-electron chi connectivity index (χ2n) is 4.06. The van der Waals surface area contributed by atoms with E-state index in [1.807, 2.05) is 0 Å². The summed E-state index contributed by atoms with van der Waals surface area (Å²) in [6, 6.07) is 8.03. The molecule has 0 amide bonds. The van der Waals surface area contributed by atoms with E-state index in [0.29, 0.717) is 0 Å². The van der Waals surface area contributed by atoms with Gasteiger partial charge in [-0.25, -0.2) is 9.78 Å². The van der Waals surface area contributed by atoms with Crippen LogP contribution >= 0.6 is 11.6 Å². The van der Waals surface area contributed by atoms with Crippen molar-refractivity contribution in [3.05, 3.63) is 47.1 Å². The lowest BCUT2D eigenvalue weighted by molar-refractivity contribution is -0.274. The first-order valence-electron chi connectivity index (χ1n) is 5.92. The Morgan fingerprint density at radius 1 is 1.18 bits per heavy atom. The number of carbonyl (C=O) groups excluding carboxylic acids is 1. The zero-order chi connectivity index (χ0) is 16.3. The third-order valence-electron chi connectivity index (χ3n) is 2.61. The van der Waals surface area contributed by atoms with Crippen LogP contribution in [0.15, 0.2) is 36.4 Å². The minimum Gasteiger partial charge on any atom is -0.464 e. The monoisotopic (exact) mass is 331 g/mol. The van der Waals surface area contributed by atoms with Crippen molar-refractivity contribution < 1.29 is 27.4 Å². The van der Waals surface area contributed by atoms with E-state index in [-0.39, 0.29) is 22.0 Å². The van der Waals surface area contributed by atoms with Crippen molar-refractivity contribution >= 4 is 17.6 Å². The van der Waals surface area contributed by atoms with E-state index in [1.54, 1.807) is 0 Å². The first-order valence-corrected chi connectivity index (χ1v) is 6.29. The van der Waals surface area contributed by atoms with Gasteiger partial charge in [0.25, 0.3) is 0 Å². The quantitative estimate of drug-likeness (QED) is 0.795. The Morgan fingerprint density at radius 2 is 1.86 bits per heavy atom. The van der Waals surface area contributed by atoms with Crippen molar-refractivity contribution in [3.63, 3.8) is 0 Å². The smallest absolute Gasteiger partial charge is 0.464 e. The number of aromatic nitrogens is 1. The van der Waals surface area contributed by atoms with E-state index >= 15 is 0 Å². The Morgan fingerprint density at radius 3 is 2.50 bits per heavy atom. The molecule has 0 aliphatic heterocycles. The highest BCUT2D eigenvalue weighted by Crippen LogP contribution is 2.36. The minimum absolute atomic E-state index is 0.00979. The van der Waals surface area contributed by atoms with Crippen molar-refractivity contribution in [2.45, 2.75) is 6.36 Å².